The molecule has 4 nitrogen and oxygen atoms in total. The maximum absolute atomic E-state index is 10.0. The molecule has 4 heteroatoms. The molecule has 0 fully saturated rings. The van der Waals surface area contributed by atoms with Crippen LogP contribution < -0.4 is 0 Å². The number of allylic oxidation sites excluding steroid dienone is 2. The Morgan fingerprint density at radius 1 is 1.08 bits per heavy atom. The number of carbonyl (C=O) groups excluding carboxylic acids is 1. The first kappa shape index (κ1) is 18.5. The smallest absolute Gasteiger partial charge is 0.227 e. The van der Waals surface area contributed by atoms with E-state index in [2.05, 4.69) is 37.0 Å². The van der Waals surface area contributed by atoms with Crippen molar-refractivity contribution in [3.63, 3.8) is 0 Å². The second-order valence-electron chi connectivity index (χ2n) is 6.13. The van der Waals surface area contributed by atoms with Gasteiger partial charge in [0.25, 0.3) is 0 Å². The van der Waals surface area contributed by atoms with E-state index in [0.717, 1.165) is 16.7 Å². The number of ketones is 1. The number of nitrogens with zero attached hydrogens (tertiary/aromatic N) is 1. The van der Waals surface area contributed by atoms with Crippen molar-refractivity contribution < 1.29 is 14.3 Å². The Hall–Kier alpha value is -2.88. The maximum atomic E-state index is 10.0. The molecule has 0 radical (unpaired) electrons. The van der Waals surface area contributed by atoms with Gasteiger partial charge in [-0.1, -0.05) is 44.2 Å². The third-order valence-corrected chi connectivity index (χ3v) is 3.52. The van der Waals surface area contributed by atoms with Crippen LogP contribution in [0.15, 0.2) is 64.8 Å². The highest BCUT2D eigenvalue weighted by atomic mass is 16.3. The Labute approximate surface area is 147 Å². The average molecular weight is 337 g/mol. The van der Waals surface area contributed by atoms with Gasteiger partial charge >= 0.3 is 0 Å². The van der Waals surface area contributed by atoms with Crippen molar-refractivity contribution in [3.8, 4) is 11.5 Å². The lowest BCUT2D eigenvalue weighted by molar-refractivity contribution is -0.112. The van der Waals surface area contributed by atoms with E-state index in [-0.39, 0.29) is 11.5 Å². The Morgan fingerprint density at radius 3 is 2.28 bits per heavy atom. The monoisotopic (exact) mass is 337 g/mol. The number of rotatable bonds is 3. The van der Waals surface area contributed by atoms with Gasteiger partial charge in [-0.2, -0.15) is 0 Å². The van der Waals surface area contributed by atoms with Gasteiger partial charge in [0.1, 0.15) is 5.52 Å². The minimum atomic E-state index is -0.125. The van der Waals surface area contributed by atoms with E-state index in [9.17, 15) is 4.79 Å². The summed E-state index contributed by atoms with van der Waals surface area (Å²) in [5, 5.41) is 8.36. The van der Waals surface area contributed by atoms with Crippen LogP contribution in [-0.2, 0) is 4.79 Å². The highest BCUT2D eigenvalue weighted by Crippen LogP contribution is 2.30. The van der Waals surface area contributed by atoms with Gasteiger partial charge < -0.3 is 9.52 Å². The van der Waals surface area contributed by atoms with E-state index >= 15 is 0 Å². The van der Waals surface area contributed by atoms with Gasteiger partial charge in [-0.05, 0) is 43.5 Å². The highest BCUT2D eigenvalue weighted by molar-refractivity contribution is 5.87. The molecule has 130 valence electrons. The number of fused-ring (bicyclic) bond motifs is 1. The van der Waals surface area contributed by atoms with Crippen molar-refractivity contribution >= 4 is 16.9 Å². The summed E-state index contributed by atoms with van der Waals surface area (Å²) in [7, 11) is 0. The zero-order valence-corrected chi connectivity index (χ0v) is 15.0. The van der Waals surface area contributed by atoms with E-state index in [1.807, 2.05) is 30.3 Å². The molecular weight excluding hydrogens is 314 g/mol. The van der Waals surface area contributed by atoms with Crippen molar-refractivity contribution in [2.75, 3.05) is 0 Å². The molecule has 1 aromatic heterocycles. The number of aromatic nitrogens is 1. The Balaban J connectivity index is 0.000000277. The van der Waals surface area contributed by atoms with Crippen molar-refractivity contribution in [2.45, 2.75) is 33.6 Å². The first-order valence-corrected chi connectivity index (χ1v) is 8.21. The van der Waals surface area contributed by atoms with Gasteiger partial charge in [-0.3, -0.25) is 4.79 Å². The summed E-state index contributed by atoms with van der Waals surface area (Å²) in [4.78, 5) is 14.6. The van der Waals surface area contributed by atoms with E-state index < -0.39 is 0 Å². The zero-order valence-electron chi connectivity index (χ0n) is 15.0. The number of aliphatic hydroxyl groups is 1. The molecule has 0 unspecified atom stereocenters. The van der Waals surface area contributed by atoms with Crippen LogP contribution in [0.1, 0.15) is 39.2 Å². The Bertz CT molecular complexity index is 854. The summed E-state index contributed by atoms with van der Waals surface area (Å²) in [5.41, 5.74) is 4.10. The fourth-order valence-electron chi connectivity index (χ4n) is 2.48. The quantitative estimate of drug-likeness (QED) is 0.495. The summed E-state index contributed by atoms with van der Waals surface area (Å²) >= 11 is 0. The number of benzene rings is 2. The molecule has 1 heterocycles. The van der Waals surface area contributed by atoms with Gasteiger partial charge in [-0.25, -0.2) is 4.98 Å². The minimum Gasteiger partial charge on any atom is -0.512 e. The highest BCUT2D eigenvalue weighted by Gasteiger charge is 2.13. The average Bonchev–Trinajstić information content (AvgIpc) is 2.98. The van der Waals surface area contributed by atoms with E-state index in [4.69, 9.17) is 9.52 Å². The fourth-order valence-corrected chi connectivity index (χ4v) is 2.48. The lowest BCUT2D eigenvalue weighted by Crippen LogP contribution is -1.91. The van der Waals surface area contributed by atoms with E-state index in [0.29, 0.717) is 11.8 Å². The van der Waals surface area contributed by atoms with Gasteiger partial charge in [0.05, 0.1) is 5.76 Å². The molecule has 0 amide bonds. The lowest BCUT2D eigenvalue weighted by Gasteiger charge is -2.09. The van der Waals surface area contributed by atoms with Crippen LogP contribution in [0.3, 0.4) is 0 Å². The molecular formula is C21H23NO3. The second kappa shape index (κ2) is 8.29. The minimum absolute atomic E-state index is 0.0625. The summed E-state index contributed by atoms with van der Waals surface area (Å²) in [6.07, 6.45) is 1.17. The molecule has 0 saturated heterocycles. The summed E-state index contributed by atoms with van der Waals surface area (Å²) < 4.78 is 5.83. The van der Waals surface area contributed by atoms with Crippen LogP contribution in [0.5, 0.6) is 0 Å². The maximum Gasteiger partial charge on any atom is 0.227 e. The molecule has 1 N–H and O–H groups in total. The summed E-state index contributed by atoms with van der Waals surface area (Å²) in [6, 6.07) is 16.1. The Kier molecular flexibility index (Phi) is 6.12. The fraction of sp³-hybridized carbons (Fsp3) is 0.238. The van der Waals surface area contributed by atoms with Crippen LogP contribution >= 0.6 is 0 Å². The normalized spacial score (nSPS) is 11.3. The van der Waals surface area contributed by atoms with E-state index in [1.54, 1.807) is 0 Å². The van der Waals surface area contributed by atoms with Crippen molar-refractivity contribution in [2.24, 2.45) is 0 Å². The third-order valence-electron chi connectivity index (χ3n) is 3.52. The van der Waals surface area contributed by atoms with Crippen LogP contribution in [-0.4, -0.2) is 15.9 Å². The molecule has 0 atom stereocenters. The zero-order chi connectivity index (χ0) is 18.4. The van der Waals surface area contributed by atoms with Gasteiger partial charge in [0, 0.05) is 11.6 Å². The van der Waals surface area contributed by atoms with Gasteiger partial charge in [-0.15, -0.1) is 0 Å². The largest absolute Gasteiger partial charge is 0.512 e. The molecule has 3 rings (SSSR count). The predicted molar refractivity (Wildman–Crippen MR) is 101 cm³/mol. The number of oxazole rings is 1. The molecule has 0 spiro atoms. The number of hydrogen-bond acceptors (Lipinski definition) is 4. The van der Waals surface area contributed by atoms with Gasteiger partial charge in [0.2, 0.25) is 5.89 Å². The standard InChI is InChI=1S/C16H15NO.C5H8O2/c1-11(2)12-7-3-4-8-13(12)16-17-14-9-5-6-10-15(14)18-16;1-4(6)3-5(2)7/h3-11H,1-2H3;3,6H,1-2H3/b;4-3-. The molecule has 0 bridgehead atoms. The molecule has 0 aliphatic heterocycles. The first-order chi connectivity index (χ1) is 11.9. The van der Waals surface area contributed by atoms with Crippen LogP contribution in [0.4, 0.5) is 0 Å². The van der Waals surface area contributed by atoms with Crippen LogP contribution in [0, 0.1) is 0 Å². The molecule has 0 saturated carbocycles. The number of aliphatic hydroxyl groups excluding tert-OH is 1. The van der Waals surface area contributed by atoms with Crippen molar-refractivity contribution in [1.29, 1.82) is 0 Å². The topological polar surface area (TPSA) is 63.3 Å². The summed E-state index contributed by atoms with van der Waals surface area (Å²) in [5.74, 6) is 1.10. The van der Waals surface area contributed by atoms with Crippen molar-refractivity contribution in [3.05, 3.63) is 65.9 Å². The second-order valence-corrected chi connectivity index (χ2v) is 6.13. The first-order valence-electron chi connectivity index (χ1n) is 8.21. The number of para-hydroxylation sites is 2. The number of hydrogen-bond donors (Lipinski definition) is 1. The summed E-state index contributed by atoms with van der Waals surface area (Å²) in [6.45, 7) is 7.21. The molecule has 2 aromatic carbocycles. The predicted octanol–water partition coefficient (Wildman–Crippen LogP) is 5.66. The van der Waals surface area contributed by atoms with Crippen LogP contribution in [0.2, 0.25) is 0 Å². The van der Waals surface area contributed by atoms with Crippen LogP contribution in [0.25, 0.3) is 22.6 Å². The molecule has 25 heavy (non-hydrogen) atoms. The van der Waals surface area contributed by atoms with E-state index in [1.165, 1.54) is 25.5 Å². The molecule has 3 aromatic rings. The third kappa shape index (κ3) is 5.05. The van der Waals surface area contributed by atoms with Crippen molar-refractivity contribution in [1.82, 2.24) is 4.98 Å². The Morgan fingerprint density at radius 2 is 1.72 bits per heavy atom. The SMILES string of the molecule is CC(=O)/C=C(/C)O.CC(C)c1ccccc1-c1nc2ccccc2o1. The lowest BCUT2D eigenvalue weighted by atomic mass is 9.97. The molecule has 0 aliphatic rings. The number of carbonyl (C=O) groups is 1. The van der Waals surface area contributed by atoms with Gasteiger partial charge in [0.15, 0.2) is 11.4 Å². The molecule has 0 aliphatic carbocycles.